The molecule has 10 nitrogen and oxygen atoms in total. The number of hydrogen-bond donors (Lipinski definition) is 2. The van der Waals surface area contributed by atoms with Gasteiger partial charge in [0.2, 0.25) is 5.88 Å². The van der Waals surface area contributed by atoms with Crippen LogP contribution in [0, 0.1) is 0 Å². The Hall–Kier alpha value is -2.87. The summed E-state index contributed by atoms with van der Waals surface area (Å²) in [6.07, 6.45) is 10.4. The van der Waals surface area contributed by atoms with E-state index in [1.54, 1.807) is 24.5 Å². The van der Waals surface area contributed by atoms with E-state index in [1.807, 2.05) is 0 Å². The molecular weight excluding hydrogens is 473 g/mol. The number of nitrogens with zero attached hydrogens (tertiary/aromatic N) is 5. The van der Waals surface area contributed by atoms with Gasteiger partial charge < -0.3 is 4.74 Å². The summed E-state index contributed by atoms with van der Waals surface area (Å²) >= 11 is 2.41. The van der Waals surface area contributed by atoms with Crippen LogP contribution in [0.25, 0.3) is 0 Å². The molecule has 1 atom stereocenters. The third kappa shape index (κ3) is 5.67. The molecule has 1 unspecified atom stereocenters. The average Bonchev–Trinajstić information content (AvgIpc) is 3.46. The van der Waals surface area contributed by atoms with Crippen LogP contribution in [0.15, 0.2) is 29.8 Å². The Bertz CT molecular complexity index is 951. The monoisotopic (exact) mass is 499 g/mol. The molecule has 32 heavy (non-hydrogen) atoms. The summed E-state index contributed by atoms with van der Waals surface area (Å²) < 4.78 is 6.62. The van der Waals surface area contributed by atoms with Crippen molar-refractivity contribution in [3.8, 4) is 5.88 Å². The van der Waals surface area contributed by atoms with E-state index < -0.39 is 0 Å². The Kier molecular flexibility index (Phi) is 7.42. The van der Waals surface area contributed by atoms with Crippen molar-refractivity contribution in [3.05, 3.63) is 30.2 Å². The fraction of sp³-hybridized carbons (Fsp3) is 0.476. The van der Waals surface area contributed by atoms with Crippen LogP contribution >= 0.6 is 0 Å². The molecule has 2 aliphatic rings. The molecule has 0 bridgehead atoms. The Morgan fingerprint density at radius 2 is 2.09 bits per heavy atom. The van der Waals surface area contributed by atoms with Gasteiger partial charge in [-0.3, -0.25) is 0 Å². The zero-order valence-electron chi connectivity index (χ0n) is 17.9. The molecular formula is C21H26AsN7O3. The Morgan fingerprint density at radius 1 is 1.25 bits per heavy atom. The van der Waals surface area contributed by atoms with Crippen LogP contribution in [-0.2, 0) is 4.84 Å². The van der Waals surface area contributed by atoms with Gasteiger partial charge in [0.25, 0.3) is 0 Å². The van der Waals surface area contributed by atoms with Crippen molar-refractivity contribution < 1.29 is 14.4 Å². The first kappa shape index (κ1) is 22.3. The van der Waals surface area contributed by atoms with Crippen LogP contribution in [0.2, 0.25) is 0 Å². The van der Waals surface area contributed by atoms with E-state index in [0.717, 1.165) is 41.7 Å². The van der Waals surface area contributed by atoms with Crippen LogP contribution in [0.5, 0.6) is 5.88 Å². The molecule has 2 radical (unpaired) electrons. The Morgan fingerprint density at radius 3 is 2.84 bits per heavy atom. The third-order valence-electron chi connectivity index (χ3n) is 5.54. The average molecular weight is 499 g/mol. The molecule has 1 aliphatic heterocycles. The molecule has 168 valence electrons. The second-order valence-corrected chi connectivity index (χ2v) is 8.68. The van der Waals surface area contributed by atoms with Crippen molar-refractivity contribution in [3.63, 3.8) is 0 Å². The summed E-state index contributed by atoms with van der Waals surface area (Å²) in [7, 11) is 1.49. The minimum atomic E-state index is -0.264. The van der Waals surface area contributed by atoms with Crippen LogP contribution in [0.1, 0.15) is 37.7 Å². The number of pyridine rings is 1. The van der Waals surface area contributed by atoms with E-state index in [4.69, 9.17) is 9.57 Å². The van der Waals surface area contributed by atoms with E-state index in [-0.39, 0.29) is 18.2 Å². The molecule has 1 saturated heterocycles. The topological polar surface area (TPSA) is 114 Å². The Balaban J connectivity index is 1.30. The van der Waals surface area contributed by atoms with E-state index in [1.165, 1.54) is 26.3 Å². The number of carbonyl (C=O) groups excluding carboxylic acids is 1. The zero-order valence-corrected chi connectivity index (χ0v) is 19.8. The number of ether oxygens (including phenoxy) is 1. The normalized spacial score (nSPS) is 18.8. The first-order chi connectivity index (χ1) is 15.6. The van der Waals surface area contributed by atoms with E-state index in [2.05, 4.69) is 52.5 Å². The summed E-state index contributed by atoms with van der Waals surface area (Å²) in [5, 5.41) is 9.71. The minimum absolute atomic E-state index is 0.00934. The van der Waals surface area contributed by atoms with Gasteiger partial charge in [-0.05, 0) is 25.7 Å². The number of anilines is 2. The molecule has 2 aromatic rings. The van der Waals surface area contributed by atoms with Gasteiger partial charge in [-0.15, -0.1) is 0 Å². The molecule has 1 aliphatic carbocycles. The van der Waals surface area contributed by atoms with Gasteiger partial charge in [0, 0.05) is 0 Å². The predicted octanol–water partition coefficient (Wildman–Crippen LogP) is 1.37. The number of carbonyl (C=O) groups is 1. The van der Waals surface area contributed by atoms with E-state index in [0.29, 0.717) is 18.1 Å². The fourth-order valence-electron chi connectivity index (χ4n) is 3.97. The Labute approximate surface area is 195 Å². The molecule has 1 saturated carbocycles. The molecule has 0 aromatic carbocycles. The number of aromatic nitrogens is 3. The van der Waals surface area contributed by atoms with Crippen LogP contribution in [0.4, 0.5) is 16.3 Å². The molecule has 2 N–H and O–H groups in total. The van der Waals surface area contributed by atoms with Gasteiger partial charge in [-0.2, -0.15) is 0 Å². The number of oxime groups is 1. The summed E-state index contributed by atoms with van der Waals surface area (Å²) in [4.78, 5) is 32.3. The summed E-state index contributed by atoms with van der Waals surface area (Å²) in [5.41, 5.74) is 1.41. The first-order valence-corrected chi connectivity index (χ1v) is 11.6. The van der Waals surface area contributed by atoms with E-state index in [9.17, 15) is 4.79 Å². The number of rotatable bonds is 7. The number of nitrogens with one attached hydrogen (secondary N) is 2. The van der Waals surface area contributed by atoms with Gasteiger partial charge in [-0.1, -0.05) is 0 Å². The molecule has 3 heterocycles. The van der Waals surface area contributed by atoms with Crippen molar-refractivity contribution >= 4 is 45.1 Å². The molecule has 2 fully saturated rings. The van der Waals surface area contributed by atoms with Gasteiger partial charge in [0.05, 0.1) is 0 Å². The molecule has 2 aromatic heterocycles. The molecule has 2 amide bonds. The predicted molar refractivity (Wildman–Crippen MR) is 122 cm³/mol. The second kappa shape index (κ2) is 10.6. The summed E-state index contributed by atoms with van der Waals surface area (Å²) in [6, 6.07) is 3.33. The maximum absolute atomic E-state index is 12.5. The fourth-order valence-corrected chi connectivity index (χ4v) is 4.41. The summed E-state index contributed by atoms with van der Waals surface area (Å²) in [5.74, 6) is 1.36. The number of hydrogen-bond acceptors (Lipinski definition) is 8. The van der Waals surface area contributed by atoms with Gasteiger partial charge >= 0.3 is 153 Å². The third-order valence-corrected chi connectivity index (χ3v) is 6.28. The van der Waals surface area contributed by atoms with Gasteiger partial charge in [-0.25, -0.2) is 0 Å². The number of amides is 2. The second-order valence-electron chi connectivity index (χ2n) is 7.79. The van der Waals surface area contributed by atoms with Crippen LogP contribution in [0.3, 0.4) is 0 Å². The van der Waals surface area contributed by atoms with Crippen molar-refractivity contribution in [2.45, 2.75) is 44.2 Å². The quantitative estimate of drug-likeness (QED) is 0.336. The van der Waals surface area contributed by atoms with Crippen molar-refractivity contribution in [2.24, 2.45) is 5.16 Å². The molecule has 11 heteroatoms. The SMILES string of the molecule is CON=Cc1c([As])ncnc1N1CCC(NC(=O)Nc2ccc(OC3CCCC3)nc2)C1. The van der Waals surface area contributed by atoms with Crippen molar-refractivity contribution in [1.29, 1.82) is 0 Å². The maximum atomic E-state index is 12.5. The zero-order chi connectivity index (χ0) is 22.3. The molecule has 0 spiro atoms. The molecule has 4 rings (SSSR count). The van der Waals surface area contributed by atoms with Crippen LogP contribution in [-0.4, -0.2) is 76.4 Å². The number of urea groups is 1. The van der Waals surface area contributed by atoms with Crippen LogP contribution < -0.4 is 24.8 Å². The van der Waals surface area contributed by atoms with Crippen molar-refractivity contribution in [2.75, 3.05) is 30.4 Å². The summed E-state index contributed by atoms with van der Waals surface area (Å²) in [6.45, 7) is 1.40. The van der Waals surface area contributed by atoms with Crippen molar-refractivity contribution in [1.82, 2.24) is 20.3 Å². The van der Waals surface area contributed by atoms with Gasteiger partial charge in [0.15, 0.2) is 0 Å². The first-order valence-electron chi connectivity index (χ1n) is 10.7. The standard InChI is InChI=1S/C21H26AsN7O3/c1-31-26-11-17-19(22)24-13-25-20(17)29-9-8-15(12-29)28-21(30)27-14-6-7-18(23-10-14)32-16-4-2-3-5-16/h6-7,10-11,13,15-16H,2-5,8-9,12H2,1H3,(H2,27,28,30). The van der Waals surface area contributed by atoms with E-state index >= 15 is 0 Å². The van der Waals surface area contributed by atoms with Gasteiger partial charge in [0.1, 0.15) is 6.10 Å².